The second-order valence-electron chi connectivity index (χ2n) is 4.56. The number of nitrogen functional groups attached to an aromatic ring is 1. The summed E-state index contributed by atoms with van der Waals surface area (Å²) in [4.78, 5) is 11.4. The molecule has 1 aromatic rings. The van der Waals surface area contributed by atoms with Gasteiger partial charge in [-0.1, -0.05) is 0 Å². The predicted molar refractivity (Wildman–Crippen MR) is 78.8 cm³/mol. The molecule has 0 aliphatic carbocycles. The summed E-state index contributed by atoms with van der Waals surface area (Å²) >= 11 is 0. The van der Waals surface area contributed by atoms with E-state index in [1.54, 1.807) is 26.8 Å². The first kappa shape index (κ1) is 16.5. The van der Waals surface area contributed by atoms with Crippen LogP contribution in [-0.4, -0.2) is 27.4 Å². The first-order valence-electron chi connectivity index (χ1n) is 6.41. The van der Waals surface area contributed by atoms with Crippen LogP contribution in [0.3, 0.4) is 0 Å². The van der Waals surface area contributed by atoms with E-state index in [9.17, 15) is 13.2 Å². The molecule has 1 rings (SSSR count). The van der Waals surface area contributed by atoms with Crippen molar-refractivity contribution in [1.82, 2.24) is 10.0 Å². The maximum Gasteiger partial charge on any atom is 0.240 e. The molecular weight excluding hydrogens is 278 g/mol. The highest BCUT2D eigenvalue weighted by atomic mass is 32.2. The molecule has 0 bridgehead atoms. The van der Waals surface area contributed by atoms with E-state index in [-0.39, 0.29) is 23.8 Å². The van der Waals surface area contributed by atoms with Gasteiger partial charge in [-0.25, -0.2) is 13.1 Å². The van der Waals surface area contributed by atoms with Gasteiger partial charge in [0.05, 0.1) is 4.90 Å². The molecule has 0 aliphatic rings. The highest BCUT2D eigenvalue weighted by Gasteiger charge is 2.18. The fourth-order valence-corrected chi connectivity index (χ4v) is 3.18. The Hall–Kier alpha value is -1.60. The van der Waals surface area contributed by atoms with Gasteiger partial charge in [-0.3, -0.25) is 4.79 Å². The number of rotatable bonds is 6. The molecule has 0 heterocycles. The van der Waals surface area contributed by atoms with Crippen LogP contribution in [0.2, 0.25) is 0 Å². The first-order chi connectivity index (χ1) is 9.27. The van der Waals surface area contributed by atoms with E-state index in [1.165, 1.54) is 6.07 Å². The lowest BCUT2D eigenvalue weighted by Gasteiger charge is -2.12. The number of benzene rings is 1. The number of carbonyl (C=O) groups excluding carboxylic acids is 1. The third-order valence-electron chi connectivity index (χ3n) is 2.95. The Kier molecular flexibility index (Phi) is 5.52. The third kappa shape index (κ3) is 4.21. The normalized spacial score (nSPS) is 11.3. The maximum atomic E-state index is 12.2. The van der Waals surface area contributed by atoms with Crippen molar-refractivity contribution >= 4 is 21.6 Å². The largest absolute Gasteiger partial charge is 0.399 e. The van der Waals surface area contributed by atoms with Gasteiger partial charge in [0, 0.05) is 25.2 Å². The summed E-state index contributed by atoms with van der Waals surface area (Å²) in [6, 6.07) is 3.15. The van der Waals surface area contributed by atoms with Crippen molar-refractivity contribution in [1.29, 1.82) is 0 Å². The highest BCUT2D eigenvalue weighted by Crippen LogP contribution is 2.22. The lowest BCUT2D eigenvalue weighted by atomic mass is 10.1. The minimum Gasteiger partial charge on any atom is -0.399 e. The molecule has 0 aliphatic heterocycles. The van der Waals surface area contributed by atoms with Crippen LogP contribution in [0.4, 0.5) is 5.69 Å². The van der Waals surface area contributed by atoms with Gasteiger partial charge >= 0.3 is 0 Å². The number of hydrogen-bond acceptors (Lipinski definition) is 4. The van der Waals surface area contributed by atoms with E-state index in [0.29, 0.717) is 17.8 Å². The van der Waals surface area contributed by atoms with Crippen LogP contribution in [-0.2, 0) is 14.8 Å². The molecule has 0 fully saturated rings. The Bertz CT molecular complexity index is 597. The average Bonchev–Trinajstić information content (AvgIpc) is 2.33. The van der Waals surface area contributed by atoms with Crippen LogP contribution in [0.25, 0.3) is 0 Å². The van der Waals surface area contributed by atoms with Crippen molar-refractivity contribution in [2.24, 2.45) is 0 Å². The van der Waals surface area contributed by atoms with Crippen molar-refractivity contribution in [3.8, 4) is 0 Å². The Labute approximate surface area is 119 Å². The SMILES string of the molecule is CCNC(=O)CCNS(=O)(=O)c1cc(N)cc(C)c1C. The highest BCUT2D eigenvalue weighted by molar-refractivity contribution is 7.89. The fraction of sp³-hybridized carbons (Fsp3) is 0.462. The summed E-state index contributed by atoms with van der Waals surface area (Å²) in [5, 5.41) is 2.61. The Morgan fingerprint density at radius 2 is 1.95 bits per heavy atom. The van der Waals surface area contributed by atoms with E-state index in [2.05, 4.69) is 10.0 Å². The first-order valence-corrected chi connectivity index (χ1v) is 7.89. The molecule has 4 N–H and O–H groups in total. The number of anilines is 1. The molecule has 1 aromatic carbocycles. The number of carbonyl (C=O) groups is 1. The molecule has 7 heteroatoms. The van der Waals surface area contributed by atoms with Crippen molar-refractivity contribution in [3.63, 3.8) is 0 Å². The lowest BCUT2D eigenvalue weighted by Crippen LogP contribution is -2.31. The molecule has 0 atom stereocenters. The van der Waals surface area contributed by atoms with E-state index >= 15 is 0 Å². The van der Waals surface area contributed by atoms with Crippen LogP contribution in [0.5, 0.6) is 0 Å². The van der Waals surface area contributed by atoms with Crippen molar-refractivity contribution in [3.05, 3.63) is 23.3 Å². The zero-order valence-electron chi connectivity index (χ0n) is 12.0. The van der Waals surface area contributed by atoms with Gasteiger partial charge in [-0.05, 0) is 44.0 Å². The fourth-order valence-electron chi connectivity index (χ4n) is 1.80. The topological polar surface area (TPSA) is 101 Å². The Balaban J connectivity index is 2.82. The number of hydrogen-bond donors (Lipinski definition) is 3. The van der Waals surface area contributed by atoms with Gasteiger partial charge in [0.15, 0.2) is 0 Å². The molecule has 20 heavy (non-hydrogen) atoms. The predicted octanol–water partition coefficient (Wildman–Crippen LogP) is 0.690. The molecule has 0 aromatic heterocycles. The summed E-state index contributed by atoms with van der Waals surface area (Å²) in [7, 11) is -3.66. The van der Waals surface area contributed by atoms with Crippen LogP contribution >= 0.6 is 0 Å². The van der Waals surface area contributed by atoms with Crippen LogP contribution < -0.4 is 15.8 Å². The third-order valence-corrected chi connectivity index (χ3v) is 4.54. The maximum absolute atomic E-state index is 12.2. The molecule has 0 saturated carbocycles. The number of aryl methyl sites for hydroxylation is 1. The number of sulfonamides is 1. The monoisotopic (exact) mass is 299 g/mol. The second kappa shape index (κ2) is 6.71. The summed E-state index contributed by atoms with van der Waals surface area (Å²) in [5.74, 6) is -0.185. The standard InChI is InChI=1S/C13H21N3O3S/c1-4-15-13(17)5-6-16-20(18,19)12-8-11(14)7-9(2)10(12)3/h7-8,16H,4-6,14H2,1-3H3,(H,15,17). The summed E-state index contributed by atoms with van der Waals surface area (Å²) in [6.07, 6.45) is 0.105. The van der Waals surface area contributed by atoms with Gasteiger partial charge in [0.25, 0.3) is 0 Å². The molecular formula is C13H21N3O3S. The average molecular weight is 299 g/mol. The number of nitrogens with one attached hydrogen (secondary N) is 2. The minimum absolute atomic E-state index is 0.0570. The summed E-state index contributed by atoms with van der Waals surface area (Å²) in [6.45, 7) is 5.92. The van der Waals surface area contributed by atoms with Gasteiger partial charge in [-0.2, -0.15) is 0 Å². The quantitative estimate of drug-likeness (QED) is 0.673. The minimum atomic E-state index is -3.66. The lowest BCUT2D eigenvalue weighted by molar-refractivity contribution is -0.120. The van der Waals surface area contributed by atoms with Gasteiger partial charge < -0.3 is 11.1 Å². The van der Waals surface area contributed by atoms with Crippen molar-refractivity contribution < 1.29 is 13.2 Å². The zero-order valence-corrected chi connectivity index (χ0v) is 12.8. The molecule has 0 unspecified atom stereocenters. The zero-order chi connectivity index (χ0) is 15.3. The molecule has 0 radical (unpaired) electrons. The number of amides is 1. The number of nitrogens with two attached hydrogens (primary N) is 1. The van der Waals surface area contributed by atoms with Crippen molar-refractivity contribution in [2.75, 3.05) is 18.8 Å². The Morgan fingerprint density at radius 3 is 2.55 bits per heavy atom. The van der Waals surface area contributed by atoms with Crippen LogP contribution in [0.15, 0.2) is 17.0 Å². The van der Waals surface area contributed by atoms with Crippen LogP contribution in [0.1, 0.15) is 24.5 Å². The van der Waals surface area contributed by atoms with Gasteiger partial charge in [0.1, 0.15) is 0 Å². The van der Waals surface area contributed by atoms with E-state index in [1.807, 2.05) is 0 Å². The second-order valence-corrected chi connectivity index (χ2v) is 6.30. The van der Waals surface area contributed by atoms with E-state index in [4.69, 9.17) is 5.73 Å². The van der Waals surface area contributed by atoms with Gasteiger partial charge in [-0.15, -0.1) is 0 Å². The Morgan fingerprint density at radius 1 is 1.30 bits per heavy atom. The molecule has 6 nitrogen and oxygen atoms in total. The molecule has 0 saturated heterocycles. The molecule has 1 amide bonds. The molecule has 112 valence electrons. The summed E-state index contributed by atoms with van der Waals surface area (Å²) in [5.41, 5.74) is 7.56. The van der Waals surface area contributed by atoms with Crippen molar-refractivity contribution in [2.45, 2.75) is 32.1 Å². The van der Waals surface area contributed by atoms with E-state index in [0.717, 1.165) is 5.56 Å². The van der Waals surface area contributed by atoms with Gasteiger partial charge in [0.2, 0.25) is 15.9 Å². The molecule has 0 spiro atoms. The smallest absolute Gasteiger partial charge is 0.240 e. The van der Waals surface area contributed by atoms with E-state index < -0.39 is 10.0 Å². The summed E-state index contributed by atoms with van der Waals surface area (Å²) < 4.78 is 26.8. The van der Waals surface area contributed by atoms with Crippen LogP contribution in [0, 0.1) is 13.8 Å².